The van der Waals surface area contributed by atoms with Crippen LogP contribution in [0.5, 0.6) is 0 Å². The van der Waals surface area contributed by atoms with Gasteiger partial charge in [0.05, 0.1) is 4.90 Å². The van der Waals surface area contributed by atoms with Crippen molar-refractivity contribution in [2.75, 3.05) is 13.6 Å². The Hall–Kier alpha value is -0.730. The molecule has 1 aromatic carbocycles. The molecule has 0 radical (unpaired) electrons. The zero-order valence-corrected chi connectivity index (χ0v) is 14.8. The number of sulfonamides is 1. The standard InChI is InChI=1S/C14H17BrN2O2S2/c1-16-7-6-11-2-4-14(5-3-11)21(18,19)17-9-13-8-12(15)10-20-13/h2-5,8,10,16-17H,6-7,9H2,1H3. The third-order valence-electron chi connectivity index (χ3n) is 2.96. The Kier molecular flexibility index (Phi) is 5.95. The van der Waals surface area contributed by atoms with Crippen LogP contribution < -0.4 is 10.0 Å². The molecule has 0 bridgehead atoms. The van der Waals surface area contributed by atoms with Gasteiger partial charge in [0.15, 0.2) is 0 Å². The van der Waals surface area contributed by atoms with Gasteiger partial charge < -0.3 is 5.32 Å². The maximum absolute atomic E-state index is 12.2. The predicted molar refractivity (Wildman–Crippen MR) is 90.1 cm³/mol. The van der Waals surface area contributed by atoms with Crippen LogP contribution in [0.25, 0.3) is 0 Å². The third-order valence-corrected chi connectivity index (χ3v) is 6.07. The first-order valence-corrected chi connectivity index (χ1v) is 9.63. The average molecular weight is 389 g/mol. The van der Waals surface area contributed by atoms with Gasteiger partial charge in [0, 0.05) is 21.3 Å². The molecule has 21 heavy (non-hydrogen) atoms. The zero-order chi connectivity index (χ0) is 15.3. The Bertz CT molecular complexity index is 681. The van der Waals surface area contributed by atoms with Gasteiger partial charge in [0.2, 0.25) is 10.0 Å². The number of nitrogens with one attached hydrogen (secondary N) is 2. The molecule has 7 heteroatoms. The molecule has 0 aliphatic carbocycles. The lowest BCUT2D eigenvalue weighted by Crippen LogP contribution is -2.22. The normalized spacial score (nSPS) is 11.7. The molecule has 0 atom stereocenters. The van der Waals surface area contributed by atoms with E-state index in [0.29, 0.717) is 11.4 Å². The summed E-state index contributed by atoms with van der Waals surface area (Å²) >= 11 is 4.87. The largest absolute Gasteiger partial charge is 0.319 e. The second-order valence-electron chi connectivity index (χ2n) is 4.55. The van der Waals surface area contributed by atoms with Gasteiger partial charge in [-0.1, -0.05) is 12.1 Å². The predicted octanol–water partition coefficient (Wildman–Crippen LogP) is 2.75. The molecule has 0 amide bonds. The van der Waals surface area contributed by atoms with Crippen molar-refractivity contribution in [3.05, 3.63) is 50.6 Å². The van der Waals surface area contributed by atoms with Crippen molar-refractivity contribution in [2.45, 2.75) is 17.9 Å². The molecule has 0 saturated carbocycles. The first kappa shape index (κ1) is 16.6. The van der Waals surface area contributed by atoms with E-state index in [9.17, 15) is 8.42 Å². The molecule has 4 nitrogen and oxygen atoms in total. The summed E-state index contributed by atoms with van der Waals surface area (Å²) < 4.78 is 28.0. The maximum Gasteiger partial charge on any atom is 0.240 e. The van der Waals surface area contributed by atoms with Gasteiger partial charge in [-0.05, 0) is 59.7 Å². The van der Waals surface area contributed by atoms with Crippen molar-refractivity contribution in [3.8, 4) is 0 Å². The molecule has 0 unspecified atom stereocenters. The third kappa shape index (κ3) is 4.89. The Labute approximate surface area is 137 Å². The quantitative estimate of drug-likeness (QED) is 0.766. The molecule has 0 fully saturated rings. The number of halogens is 1. The van der Waals surface area contributed by atoms with E-state index in [1.807, 2.05) is 30.6 Å². The van der Waals surface area contributed by atoms with E-state index in [1.54, 1.807) is 12.1 Å². The molecule has 0 aliphatic rings. The zero-order valence-electron chi connectivity index (χ0n) is 11.6. The van der Waals surface area contributed by atoms with E-state index >= 15 is 0 Å². The second-order valence-corrected chi connectivity index (χ2v) is 8.23. The van der Waals surface area contributed by atoms with Crippen LogP contribution in [0.15, 0.2) is 45.1 Å². The van der Waals surface area contributed by atoms with Crippen LogP contribution in [0.4, 0.5) is 0 Å². The number of thiophene rings is 1. The Balaban J connectivity index is 2.01. The van der Waals surface area contributed by atoms with Crippen LogP contribution in [0, 0.1) is 0 Å². The van der Waals surface area contributed by atoms with Crippen molar-refractivity contribution in [1.82, 2.24) is 10.0 Å². The molecule has 2 aromatic rings. The highest BCUT2D eigenvalue weighted by molar-refractivity contribution is 9.10. The van der Waals surface area contributed by atoms with Gasteiger partial charge in [0.25, 0.3) is 0 Å². The van der Waals surface area contributed by atoms with Gasteiger partial charge >= 0.3 is 0 Å². The van der Waals surface area contributed by atoms with Crippen molar-refractivity contribution >= 4 is 37.3 Å². The fourth-order valence-electron chi connectivity index (χ4n) is 1.80. The number of hydrogen-bond donors (Lipinski definition) is 2. The minimum Gasteiger partial charge on any atom is -0.319 e. The molecule has 0 spiro atoms. The molecule has 0 aliphatic heterocycles. The number of rotatable bonds is 7. The van der Waals surface area contributed by atoms with Crippen LogP contribution in [-0.4, -0.2) is 22.0 Å². The Morgan fingerprint density at radius 3 is 2.52 bits per heavy atom. The monoisotopic (exact) mass is 388 g/mol. The summed E-state index contributed by atoms with van der Waals surface area (Å²) in [7, 11) is -1.57. The fraction of sp³-hybridized carbons (Fsp3) is 0.286. The van der Waals surface area contributed by atoms with E-state index in [0.717, 1.165) is 27.9 Å². The lowest BCUT2D eigenvalue weighted by atomic mass is 10.1. The summed E-state index contributed by atoms with van der Waals surface area (Å²) in [6, 6.07) is 8.92. The van der Waals surface area contributed by atoms with Crippen molar-refractivity contribution in [2.24, 2.45) is 0 Å². The molecule has 1 aromatic heterocycles. The highest BCUT2D eigenvalue weighted by Crippen LogP contribution is 2.20. The Morgan fingerprint density at radius 2 is 1.95 bits per heavy atom. The maximum atomic E-state index is 12.2. The number of hydrogen-bond acceptors (Lipinski definition) is 4. The molecular formula is C14H17BrN2O2S2. The van der Waals surface area contributed by atoms with Gasteiger partial charge in [-0.15, -0.1) is 11.3 Å². The van der Waals surface area contributed by atoms with E-state index in [1.165, 1.54) is 11.3 Å². The number of likely N-dealkylation sites (N-methyl/N-ethyl adjacent to an activating group) is 1. The van der Waals surface area contributed by atoms with Crippen LogP contribution in [0.3, 0.4) is 0 Å². The second kappa shape index (κ2) is 7.51. The van der Waals surface area contributed by atoms with Crippen molar-refractivity contribution < 1.29 is 8.42 Å². The lowest BCUT2D eigenvalue weighted by molar-refractivity contribution is 0.582. The van der Waals surface area contributed by atoms with E-state index in [4.69, 9.17) is 0 Å². The summed E-state index contributed by atoms with van der Waals surface area (Å²) in [6.45, 7) is 1.18. The summed E-state index contributed by atoms with van der Waals surface area (Å²) in [6.07, 6.45) is 0.882. The lowest BCUT2D eigenvalue weighted by Gasteiger charge is -2.07. The highest BCUT2D eigenvalue weighted by Gasteiger charge is 2.13. The van der Waals surface area contributed by atoms with Gasteiger partial charge in [-0.3, -0.25) is 0 Å². The number of benzene rings is 1. The van der Waals surface area contributed by atoms with Gasteiger partial charge in [0.1, 0.15) is 0 Å². The van der Waals surface area contributed by atoms with E-state index in [2.05, 4.69) is 26.0 Å². The molecule has 2 rings (SSSR count). The molecule has 1 heterocycles. The summed E-state index contributed by atoms with van der Waals surface area (Å²) in [5.74, 6) is 0. The fourth-order valence-corrected chi connectivity index (χ4v) is 4.29. The van der Waals surface area contributed by atoms with E-state index < -0.39 is 10.0 Å². The minimum atomic E-state index is -3.46. The Morgan fingerprint density at radius 1 is 1.24 bits per heavy atom. The molecule has 114 valence electrons. The van der Waals surface area contributed by atoms with Crippen LogP contribution in [0.1, 0.15) is 10.4 Å². The summed E-state index contributed by atoms with van der Waals surface area (Å²) in [4.78, 5) is 1.27. The average Bonchev–Trinajstić information content (AvgIpc) is 2.89. The SMILES string of the molecule is CNCCc1ccc(S(=O)(=O)NCc2cc(Br)cs2)cc1. The molecule has 0 saturated heterocycles. The summed E-state index contributed by atoms with van der Waals surface area (Å²) in [5.41, 5.74) is 1.12. The van der Waals surface area contributed by atoms with Crippen LogP contribution in [-0.2, 0) is 23.0 Å². The van der Waals surface area contributed by atoms with Crippen LogP contribution >= 0.6 is 27.3 Å². The minimum absolute atomic E-state index is 0.298. The smallest absolute Gasteiger partial charge is 0.240 e. The van der Waals surface area contributed by atoms with Gasteiger partial charge in [-0.25, -0.2) is 13.1 Å². The highest BCUT2D eigenvalue weighted by atomic mass is 79.9. The first-order chi connectivity index (χ1) is 10.0. The molecular weight excluding hydrogens is 372 g/mol. The molecule has 2 N–H and O–H groups in total. The first-order valence-electron chi connectivity index (χ1n) is 6.47. The summed E-state index contributed by atoms with van der Waals surface area (Å²) in [5, 5.41) is 5.00. The van der Waals surface area contributed by atoms with Crippen molar-refractivity contribution in [1.29, 1.82) is 0 Å². The van der Waals surface area contributed by atoms with Crippen LogP contribution in [0.2, 0.25) is 0 Å². The van der Waals surface area contributed by atoms with E-state index in [-0.39, 0.29) is 0 Å². The van der Waals surface area contributed by atoms with Gasteiger partial charge in [-0.2, -0.15) is 0 Å². The van der Waals surface area contributed by atoms with Crippen molar-refractivity contribution in [3.63, 3.8) is 0 Å². The topological polar surface area (TPSA) is 58.2 Å².